The van der Waals surface area contributed by atoms with E-state index in [-0.39, 0.29) is 24.2 Å². The lowest BCUT2D eigenvalue weighted by atomic mass is 9.92. The van der Waals surface area contributed by atoms with Crippen LogP contribution in [0.4, 0.5) is 0 Å². The number of aryl methyl sites for hydroxylation is 2. The molecule has 1 aromatic carbocycles. The lowest BCUT2D eigenvalue weighted by molar-refractivity contribution is -0.124. The molecule has 1 aliphatic heterocycles. The third kappa shape index (κ3) is 5.68. The fourth-order valence-electron chi connectivity index (χ4n) is 2.76. The zero-order valence-electron chi connectivity index (χ0n) is 13.8. The molecule has 130 valence electrons. The first-order valence-corrected chi connectivity index (χ1v) is 7.89. The highest BCUT2D eigenvalue weighted by atomic mass is 35.5. The van der Waals surface area contributed by atoms with E-state index in [2.05, 4.69) is 5.32 Å². The van der Waals surface area contributed by atoms with Gasteiger partial charge in [0.1, 0.15) is 12.4 Å². The lowest BCUT2D eigenvalue weighted by Gasteiger charge is -2.26. The standard InChI is InChI=1S/C17H26N2O3.ClH/c1-12-4-3-5-13(2)16(12)22-11-8-19-17(20)15(18)14-6-9-21-10-7-14;/h3-5,14-15H,6-11,18H2,1-2H3,(H,19,20);1H. The number of carbonyl (C=O) groups is 1. The van der Waals surface area contributed by atoms with Gasteiger partial charge in [-0.2, -0.15) is 0 Å². The predicted octanol–water partition coefficient (Wildman–Crippen LogP) is 1.97. The molecule has 23 heavy (non-hydrogen) atoms. The number of hydrogen-bond donors (Lipinski definition) is 2. The van der Waals surface area contributed by atoms with E-state index in [1.54, 1.807) is 0 Å². The fraction of sp³-hybridized carbons (Fsp3) is 0.588. The molecular formula is C17H27ClN2O3. The van der Waals surface area contributed by atoms with Crippen LogP contribution in [0.5, 0.6) is 5.75 Å². The summed E-state index contributed by atoms with van der Waals surface area (Å²) in [5.41, 5.74) is 8.23. The van der Waals surface area contributed by atoms with Gasteiger partial charge in [-0.05, 0) is 43.7 Å². The second kappa shape index (κ2) is 9.75. The van der Waals surface area contributed by atoms with Gasteiger partial charge in [-0.1, -0.05) is 18.2 Å². The Morgan fingerprint density at radius 3 is 2.57 bits per heavy atom. The first-order chi connectivity index (χ1) is 10.6. The monoisotopic (exact) mass is 342 g/mol. The molecule has 5 nitrogen and oxygen atoms in total. The minimum Gasteiger partial charge on any atom is -0.491 e. The van der Waals surface area contributed by atoms with Crippen molar-refractivity contribution in [3.8, 4) is 5.75 Å². The summed E-state index contributed by atoms with van der Waals surface area (Å²) in [7, 11) is 0. The average molecular weight is 343 g/mol. The van der Waals surface area contributed by atoms with Crippen LogP contribution >= 0.6 is 12.4 Å². The summed E-state index contributed by atoms with van der Waals surface area (Å²) in [6.45, 7) is 6.33. The van der Waals surface area contributed by atoms with Gasteiger partial charge in [-0.3, -0.25) is 4.79 Å². The van der Waals surface area contributed by atoms with Crippen LogP contribution in [0.1, 0.15) is 24.0 Å². The molecule has 0 aromatic heterocycles. The van der Waals surface area contributed by atoms with Gasteiger partial charge < -0.3 is 20.5 Å². The SMILES string of the molecule is Cc1cccc(C)c1OCCNC(=O)C(N)C1CCOCC1.Cl. The summed E-state index contributed by atoms with van der Waals surface area (Å²) in [4.78, 5) is 12.1. The number of ether oxygens (including phenoxy) is 2. The molecule has 0 radical (unpaired) electrons. The molecule has 0 bridgehead atoms. The van der Waals surface area contributed by atoms with Crippen molar-refractivity contribution < 1.29 is 14.3 Å². The molecule has 1 amide bonds. The summed E-state index contributed by atoms with van der Waals surface area (Å²) in [6.07, 6.45) is 1.71. The summed E-state index contributed by atoms with van der Waals surface area (Å²) < 4.78 is 11.1. The van der Waals surface area contributed by atoms with Crippen LogP contribution in [-0.2, 0) is 9.53 Å². The first kappa shape index (κ1) is 19.7. The van der Waals surface area contributed by atoms with Crippen molar-refractivity contribution in [3.63, 3.8) is 0 Å². The molecule has 6 heteroatoms. The number of carbonyl (C=O) groups excluding carboxylic acids is 1. The van der Waals surface area contributed by atoms with E-state index in [9.17, 15) is 4.79 Å². The third-order valence-electron chi connectivity index (χ3n) is 4.13. The highest BCUT2D eigenvalue weighted by Crippen LogP contribution is 2.22. The van der Waals surface area contributed by atoms with Crippen molar-refractivity contribution in [3.05, 3.63) is 29.3 Å². The van der Waals surface area contributed by atoms with Crippen molar-refractivity contribution in [1.82, 2.24) is 5.32 Å². The molecule has 0 saturated carbocycles. The topological polar surface area (TPSA) is 73.6 Å². The van der Waals surface area contributed by atoms with Crippen LogP contribution in [-0.4, -0.2) is 38.3 Å². The predicted molar refractivity (Wildman–Crippen MR) is 93.2 cm³/mol. The van der Waals surface area contributed by atoms with Crippen molar-refractivity contribution in [2.75, 3.05) is 26.4 Å². The van der Waals surface area contributed by atoms with E-state index in [0.717, 1.165) is 29.7 Å². The maximum atomic E-state index is 12.1. The normalized spacial score (nSPS) is 16.3. The minimum absolute atomic E-state index is 0. The van der Waals surface area contributed by atoms with Gasteiger partial charge in [-0.25, -0.2) is 0 Å². The molecular weight excluding hydrogens is 316 g/mol. The summed E-state index contributed by atoms with van der Waals surface area (Å²) >= 11 is 0. The third-order valence-corrected chi connectivity index (χ3v) is 4.13. The average Bonchev–Trinajstić information content (AvgIpc) is 2.53. The van der Waals surface area contributed by atoms with E-state index < -0.39 is 6.04 Å². The molecule has 1 atom stereocenters. The molecule has 1 fully saturated rings. The first-order valence-electron chi connectivity index (χ1n) is 7.89. The van der Waals surface area contributed by atoms with Crippen LogP contribution in [0.2, 0.25) is 0 Å². The Morgan fingerprint density at radius 1 is 1.35 bits per heavy atom. The molecule has 1 saturated heterocycles. The Bertz CT molecular complexity index is 484. The maximum Gasteiger partial charge on any atom is 0.237 e. The van der Waals surface area contributed by atoms with Gasteiger partial charge in [0, 0.05) is 13.2 Å². The molecule has 0 aliphatic carbocycles. The minimum atomic E-state index is -0.455. The summed E-state index contributed by atoms with van der Waals surface area (Å²) in [5.74, 6) is 1.01. The zero-order valence-corrected chi connectivity index (χ0v) is 14.7. The van der Waals surface area contributed by atoms with E-state index in [1.807, 2.05) is 32.0 Å². The number of amides is 1. The van der Waals surface area contributed by atoms with Crippen LogP contribution in [0.25, 0.3) is 0 Å². The fourth-order valence-corrected chi connectivity index (χ4v) is 2.76. The Hall–Kier alpha value is -1.30. The molecule has 1 aromatic rings. The second-order valence-electron chi connectivity index (χ2n) is 5.84. The number of rotatable bonds is 6. The highest BCUT2D eigenvalue weighted by molar-refractivity contribution is 5.85. The van der Waals surface area contributed by atoms with Crippen molar-refractivity contribution >= 4 is 18.3 Å². The van der Waals surface area contributed by atoms with Gasteiger partial charge in [0.05, 0.1) is 12.6 Å². The number of halogens is 1. The van der Waals surface area contributed by atoms with E-state index in [0.29, 0.717) is 26.4 Å². The van der Waals surface area contributed by atoms with E-state index in [1.165, 1.54) is 0 Å². The largest absolute Gasteiger partial charge is 0.491 e. The Balaban J connectivity index is 0.00000264. The van der Waals surface area contributed by atoms with Crippen molar-refractivity contribution in [2.45, 2.75) is 32.7 Å². The van der Waals surface area contributed by atoms with Gasteiger partial charge in [0.25, 0.3) is 0 Å². The molecule has 1 unspecified atom stereocenters. The Labute approximate surface area is 144 Å². The molecule has 1 heterocycles. The van der Waals surface area contributed by atoms with Gasteiger partial charge >= 0.3 is 0 Å². The smallest absolute Gasteiger partial charge is 0.237 e. The highest BCUT2D eigenvalue weighted by Gasteiger charge is 2.26. The number of nitrogens with two attached hydrogens (primary N) is 1. The van der Waals surface area contributed by atoms with Gasteiger partial charge in [-0.15, -0.1) is 12.4 Å². The van der Waals surface area contributed by atoms with E-state index >= 15 is 0 Å². The molecule has 2 rings (SSSR count). The quantitative estimate of drug-likeness (QED) is 0.775. The van der Waals surface area contributed by atoms with Crippen molar-refractivity contribution in [1.29, 1.82) is 0 Å². The van der Waals surface area contributed by atoms with Gasteiger partial charge in [0.2, 0.25) is 5.91 Å². The summed E-state index contributed by atoms with van der Waals surface area (Å²) in [5, 5.41) is 2.86. The lowest BCUT2D eigenvalue weighted by Crippen LogP contribution is -2.47. The number of benzene rings is 1. The van der Waals surface area contributed by atoms with Crippen LogP contribution in [0.3, 0.4) is 0 Å². The Morgan fingerprint density at radius 2 is 1.96 bits per heavy atom. The number of para-hydroxylation sites is 1. The van der Waals surface area contributed by atoms with Gasteiger partial charge in [0.15, 0.2) is 0 Å². The second-order valence-corrected chi connectivity index (χ2v) is 5.84. The van der Waals surface area contributed by atoms with Crippen molar-refractivity contribution in [2.24, 2.45) is 11.7 Å². The molecule has 3 N–H and O–H groups in total. The van der Waals surface area contributed by atoms with E-state index in [4.69, 9.17) is 15.2 Å². The van der Waals surface area contributed by atoms with Crippen LogP contribution in [0, 0.1) is 19.8 Å². The zero-order chi connectivity index (χ0) is 15.9. The number of nitrogens with one attached hydrogen (secondary N) is 1. The maximum absolute atomic E-state index is 12.1. The summed E-state index contributed by atoms with van der Waals surface area (Å²) in [6, 6.07) is 5.58. The Kier molecular flexibility index (Phi) is 8.37. The molecule has 0 spiro atoms. The number of hydrogen-bond acceptors (Lipinski definition) is 4. The molecule has 1 aliphatic rings. The van der Waals surface area contributed by atoms with Crippen LogP contribution < -0.4 is 15.8 Å². The van der Waals surface area contributed by atoms with Crippen LogP contribution in [0.15, 0.2) is 18.2 Å².